The summed E-state index contributed by atoms with van der Waals surface area (Å²) in [5.74, 6) is 1.18. The third kappa shape index (κ3) is 3.40. The first kappa shape index (κ1) is 17.5. The van der Waals surface area contributed by atoms with Crippen LogP contribution in [0, 0.1) is 0 Å². The zero-order valence-corrected chi connectivity index (χ0v) is 16.1. The van der Waals surface area contributed by atoms with Gasteiger partial charge in [-0.15, -0.1) is 11.3 Å². The first-order chi connectivity index (χ1) is 13.2. The average Bonchev–Trinajstić information content (AvgIpc) is 3.01. The Labute approximate surface area is 161 Å². The topological polar surface area (TPSA) is 59.9 Å². The van der Waals surface area contributed by atoms with Crippen LogP contribution >= 0.6 is 11.3 Å². The molecule has 5 nitrogen and oxygen atoms in total. The number of nitrogens with one attached hydrogen (secondary N) is 1. The Hall–Kier alpha value is -2.86. The molecule has 0 bridgehead atoms. The minimum atomic E-state index is -0.140. The summed E-state index contributed by atoms with van der Waals surface area (Å²) >= 11 is 1.66. The van der Waals surface area contributed by atoms with Gasteiger partial charge in [-0.3, -0.25) is 4.79 Å². The van der Waals surface area contributed by atoms with E-state index >= 15 is 0 Å². The first-order valence-electron chi connectivity index (χ1n) is 8.98. The van der Waals surface area contributed by atoms with E-state index in [0.29, 0.717) is 24.7 Å². The molecule has 0 atom stereocenters. The van der Waals surface area contributed by atoms with E-state index < -0.39 is 0 Å². The second-order valence-corrected chi connectivity index (χ2v) is 7.23. The molecule has 1 aliphatic rings. The van der Waals surface area contributed by atoms with E-state index in [1.165, 1.54) is 4.70 Å². The van der Waals surface area contributed by atoms with E-state index in [0.717, 1.165) is 27.1 Å². The van der Waals surface area contributed by atoms with Crippen molar-refractivity contribution in [2.75, 3.05) is 13.2 Å². The number of nitrogens with zero attached hydrogens (tertiary/aromatic N) is 1. The van der Waals surface area contributed by atoms with Gasteiger partial charge in [0.05, 0.1) is 24.5 Å². The number of amides is 1. The van der Waals surface area contributed by atoms with Crippen LogP contribution in [0.15, 0.2) is 47.6 Å². The Morgan fingerprint density at radius 2 is 1.81 bits per heavy atom. The van der Waals surface area contributed by atoms with Crippen LogP contribution in [0.3, 0.4) is 0 Å². The number of ether oxygens (including phenoxy) is 2. The van der Waals surface area contributed by atoms with Gasteiger partial charge in [-0.2, -0.15) is 5.10 Å². The molecule has 0 saturated heterocycles. The fraction of sp³-hybridized carbons (Fsp3) is 0.238. The molecule has 1 aromatic heterocycles. The second-order valence-electron chi connectivity index (χ2n) is 6.14. The highest BCUT2D eigenvalue weighted by Crippen LogP contribution is 2.35. The lowest BCUT2D eigenvalue weighted by atomic mass is 9.98. The molecule has 0 spiro atoms. The monoisotopic (exact) mass is 380 g/mol. The molecule has 2 heterocycles. The highest BCUT2D eigenvalue weighted by molar-refractivity contribution is 7.21. The Balaban J connectivity index is 1.88. The van der Waals surface area contributed by atoms with Crippen molar-refractivity contribution in [2.24, 2.45) is 5.10 Å². The number of hydrogen-bond acceptors (Lipinski definition) is 5. The lowest BCUT2D eigenvalue weighted by Gasteiger charge is -2.15. The fourth-order valence-corrected chi connectivity index (χ4v) is 4.25. The van der Waals surface area contributed by atoms with Gasteiger partial charge < -0.3 is 9.47 Å². The number of carbonyl (C=O) groups is 1. The molecule has 0 aliphatic carbocycles. The van der Waals surface area contributed by atoms with E-state index in [-0.39, 0.29) is 12.3 Å². The first-order valence-corrected chi connectivity index (χ1v) is 9.79. The number of thiophene rings is 1. The largest absolute Gasteiger partial charge is 0.490 e. The molecule has 6 heteroatoms. The maximum Gasteiger partial charge on any atom is 0.244 e. The van der Waals surface area contributed by atoms with Crippen LogP contribution in [0.5, 0.6) is 11.5 Å². The van der Waals surface area contributed by atoms with E-state index in [1.54, 1.807) is 11.3 Å². The summed E-state index contributed by atoms with van der Waals surface area (Å²) in [7, 11) is 0. The molecular formula is C21H20N2O3S. The molecule has 0 saturated carbocycles. The third-order valence-electron chi connectivity index (χ3n) is 4.33. The summed E-state index contributed by atoms with van der Waals surface area (Å²) in [6.07, 6.45) is 0.250. The average molecular weight is 380 g/mol. The molecule has 1 aliphatic heterocycles. The number of hydrazone groups is 1. The summed E-state index contributed by atoms with van der Waals surface area (Å²) in [4.78, 5) is 13.2. The van der Waals surface area contributed by atoms with Crippen LogP contribution in [0.2, 0.25) is 0 Å². The summed E-state index contributed by atoms with van der Waals surface area (Å²) in [5, 5.41) is 5.58. The Kier molecular flexibility index (Phi) is 4.81. The molecule has 1 amide bonds. The second kappa shape index (κ2) is 7.40. The van der Waals surface area contributed by atoms with Crippen LogP contribution in [0.25, 0.3) is 10.1 Å². The Bertz CT molecular complexity index is 1010. The van der Waals surface area contributed by atoms with Crippen molar-refractivity contribution >= 4 is 33.0 Å². The minimum Gasteiger partial charge on any atom is -0.490 e. The third-order valence-corrected chi connectivity index (χ3v) is 5.45. The maximum atomic E-state index is 12.2. The standard InChI is InChI=1S/C21H20N2O3S/c1-3-25-16-9-14-11-20(24)22-23-21(15(14)12-17(16)26-4-2)19-10-13-7-5-6-8-18(13)27-19/h5-10,12H,3-4,11H2,1-2H3,(H,22,24). The van der Waals surface area contributed by atoms with E-state index in [2.05, 4.69) is 28.7 Å². The Morgan fingerprint density at radius 1 is 1.07 bits per heavy atom. The van der Waals surface area contributed by atoms with Gasteiger partial charge in [-0.1, -0.05) is 18.2 Å². The van der Waals surface area contributed by atoms with Gasteiger partial charge in [-0.25, -0.2) is 5.43 Å². The predicted molar refractivity (Wildman–Crippen MR) is 108 cm³/mol. The fourth-order valence-electron chi connectivity index (χ4n) is 3.18. The zero-order valence-electron chi connectivity index (χ0n) is 15.2. The lowest BCUT2D eigenvalue weighted by Crippen LogP contribution is -2.18. The SMILES string of the molecule is CCOc1cc2c(cc1OCC)C(c1cc3ccccc3s1)=NNC(=O)C2. The summed E-state index contributed by atoms with van der Waals surface area (Å²) in [5.41, 5.74) is 5.19. The van der Waals surface area contributed by atoms with Gasteiger partial charge in [0, 0.05) is 10.3 Å². The number of hydrogen-bond donors (Lipinski definition) is 1. The molecule has 138 valence electrons. The highest BCUT2D eigenvalue weighted by Gasteiger charge is 2.23. The summed E-state index contributed by atoms with van der Waals surface area (Å²) in [6.45, 7) is 4.93. The van der Waals surface area contributed by atoms with Crippen molar-refractivity contribution in [3.05, 3.63) is 58.5 Å². The maximum absolute atomic E-state index is 12.2. The van der Waals surface area contributed by atoms with Gasteiger partial charge in [0.2, 0.25) is 5.91 Å². The van der Waals surface area contributed by atoms with Crippen molar-refractivity contribution < 1.29 is 14.3 Å². The van der Waals surface area contributed by atoms with Crippen LogP contribution < -0.4 is 14.9 Å². The zero-order chi connectivity index (χ0) is 18.8. The van der Waals surface area contributed by atoms with E-state index in [9.17, 15) is 4.79 Å². The molecule has 0 unspecified atom stereocenters. The van der Waals surface area contributed by atoms with E-state index in [1.807, 2.05) is 38.1 Å². The Morgan fingerprint density at radius 3 is 2.56 bits per heavy atom. The summed E-state index contributed by atoms with van der Waals surface area (Å²) in [6, 6.07) is 14.2. The number of fused-ring (bicyclic) bond motifs is 2. The number of rotatable bonds is 5. The van der Waals surface area contributed by atoms with Crippen molar-refractivity contribution in [3.63, 3.8) is 0 Å². The molecule has 1 N–H and O–H groups in total. The van der Waals surface area contributed by atoms with Crippen molar-refractivity contribution in [1.82, 2.24) is 5.43 Å². The van der Waals surface area contributed by atoms with Gasteiger partial charge >= 0.3 is 0 Å². The number of carbonyl (C=O) groups excluding carboxylic acids is 1. The van der Waals surface area contributed by atoms with Crippen LogP contribution in [0.4, 0.5) is 0 Å². The van der Waals surface area contributed by atoms with E-state index in [4.69, 9.17) is 9.47 Å². The van der Waals surface area contributed by atoms with Crippen molar-refractivity contribution in [1.29, 1.82) is 0 Å². The van der Waals surface area contributed by atoms with Gasteiger partial charge in [-0.05, 0) is 49.1 Å². The molecule has 0 fully saturated rings. The summed E-state index contributed by atoms with van der Waals surface area (Å²) < 4.78 is 12.7. The van der Waals surface area contributed by atoms with Gasteiger partial charge in [0.25, 0.3) is 0 Å². The quantitative estimate of drug-likeness (QED) is 0.724. The minimum absolute atomic E-state index is 0.140. The molecule has 4 rings (SSSR count). The van der Waals surface area contributed by atoms with Crippen molar-refractivity contribution in [3.8, 4) is 11.5 Å². The predicted octanol–water partition coefficient (Wildman–Crippen LogP) is 4.12. The molecule has 27 heavy (non-hydrogen) atoms. The van der Waals surface area contributed by atoms with Gasteiger partial charge in [0.15, 0.2) is 11.5 Å². The van der Waals surface area contributed by atoms with Gasteiger partial charge in [0.1, 0.15) is 5.71 Å². The van der Waals surface area contributed by atoms with Crippen LogP contribution in [-0.4, -0.2) is 24.8 Å². The highest BCUT2D eigenvalue weighted by atomic mass is 32.1. The molecular weight excluding hydrogens is 360 g/mol. The molecule has 3 aromatic rings. The molecule has 2 aromatic carbocycles. The van der Waals surface area contributed by atoms with Crippen LogP contribution in [-0.2, 0) is 11.2 Å². The van der Waals surface area contributed by atoms with Crippen LogP contribution in [0.1, 0.15) is 29.9 Å². The van der Waals surface area contributed by atoms with Crippen molar-refractivity contribution in [2.45, 2.75) is 20.3 Å². The lowest BCUT2D eigenvalue weighted by molar-refractivity contribution is -0.120. The normalized spacial score (nSPS) is 13.6. The smallest absolute Gasteiger partial charge is 0.244 e. The number of benzene rings is 2. The molecule has 0 radical (unpaired) electrons.